The summed E-state index contributed by atoms with van der Waals surface area (Å²) in [6.07, 6.45) is 5.57. The van der Waals surface area contributed by atoms with Crippen molar-refractivity contribution in [3.63, 3.8) is 0 Å². The maximum absolute atomic E-state index is 5.55. The first-order valence-corrected chi connectivity index (χ1v) is 4.38. The number of hydrogen-bond acceptors (Lipinski definition) is 2. The molecule has 0 radical (unpaired) electrons. The monoisotopic (exact) mass is 150 g/mol. The van der Waals surface area contributed by atoms with Gasteiger partial charge < -0.3 is 9.47 Å². The van der Waals surface area contributed by atoms with E-state index in [1.165, 1.54) is 0 Å². The lowest BCUT2D eigenvalue weighted by Gasteiger charge is -2.14. The summed E-state index contributed by atoms with van der Waals surface area (Å²) in [5.41, 5.74) is 0. The standard InChI is InChI=1S/C9H10O2/c1-2-5-6-4(1)7(6)9-8(5)10-3-11-9/h1-2,4-9H,3H2. The number of fused-ring (bicyclic) bond motifs is 4. The summed E-state index contributed by atoms with van der Waals surface area (Å²) in [7, 11) is 0. The number of ether oxygens (including phenoxy) is 2. The maximum atomic E-state index is 5.55. The second-order valence-electron chi connectivity index (χ2n) is 4.07. The molecule has 0 aromatic heterocycles. The molecule has 3 fully saturated rings. The largest absolute Gasteiger partial charge is 0.349 e. The Morgan fingerprint density at radius 2 is 1.73 bits per heavy atom. The van der Waals surface area contributed by atoms with Crippen molar-refractivity contribution >= 4 is 0 Å². The average Bonchev–Trinajstić information content (AvgIpc) is 2.48. The Balaban J connectivity index is 1.83. The van der Waals surface area contributed by atoms with Crippen LogP contribution < -0.4 is 0 Å². The van der Waals surface area contributed by atoms with Crippen molar-refractivity contribution in [3.8, 4) is 0 Å². The van der Waals surface area contributed by atoms with E-state index in [0.29, 0.717) is 24.9 Å². The van der Waals surface area contributed by atoms with Crippen LogP contribution in [0.5, 0.6) is 0 Å². The third kappa shape index (κ3) is 0.422. The van der Waals surface area contributed by atoms with E-state index >= 15 is 0 Å². The summed E-state index contributed by atoms with van der Waals surface area (Å²) >= 11 is 0. The van der Waals surface area contributed by atoms with Crippen LogP contribution in [0.15, 0.2) is 12.2 Å². The quantitative estimate of drug-likeness (QED) is 0.475. The van der Waals surface area contributed by atoms with E-state index < -0.39 is 0 Å². The molecule has 0 aromatic rings. The predicted molar refractivity (Wildman–Crippen MR) is 37.7 cm³/mol. The molecule has 4 rings (SSSR count). The average molecular weight is 150 g/mol. The number of hydrogen-bond donors (Lipinski definition) is 0. The van der Waals surface area contributed by atoms with Crippen molar-refractivity contribution in [1.29, 1.82) is 0 Å². The highest BCUT2D eigenvalue weighted by Crippen LogP contribution is 2.67. The van der Waals surface area contributed by atoms with Gasteiger partial charge in [-0.15, -0.1) is 0 Å². The fraction of sp³-hybridized carbons (Fsp3) is 0.778. The van der Waals surface area contributed by atoms with Crippen molar-refractivity contribution in [2.45, 2.75) is 12.2 Å². The highest BCUT2D eigenvalue weighted by molar-refractivity contribution is 5.30. The lowest BCUT2D eigenvalue weighted by atomic mass is 10.0. The molecule has 2 nitrogen and oxygen atoms in total. The molecule has 2 saturated carbocycles. The van der Waals surface area contributed by atoms with Crippen molar-refractivity contribution < 1.29 is 9.47 Å². The van der Waals surface area contributed by atoms with E-state index in [-0.39, 0.29) is 0 Å². The summed E-state index contributed by atoms with van der Waals surface area (Å²) in [5.74, 6) is 3.31. The van der Waals surface area contributed by atoms with E-state index in [1.807, 2.05) is 0 Å². The molecule has 0 amide bonds. The van der Waals surface area contributed by atoms with Gasteiger partial charge in [0.1, 0.15) is 6.79 Å². The van der Waals surface area contributed by atoms with Gasteiger partial charge in [0.15, 0.2) is 0 Å². The van der Waals surface area contributed by atoms with Gasteiger partial charge in [-0.05, 0) is 17.8 Å². The van der Waals surface area contributed by atoms with Gasteiger partial charge in [-0.1, -0.05) is 12.2 Å². The zero-order chi connectivity index (χ0) is 7.00. The molecule has 0 spiro atoms. The van der Waals surface area contributed by atoms with Crippen molar-refractivity contribution in [3.05, 3.63) is 12.2 Å². The summed E-state index contributed by atoms with van der Waals surface area (Å²) in [4.78, 5) is 0. The number of rotatable bonds is 0. The first-order chi connectivity index (χ1) is 5.47. The molecule has 6 unspecified atom stereocenters. The Morgan fingerprint density at radius 1 is 0.909 bits per heavy atom. The van der Waals surface area contributed by atoms with Crippen LogP contribution in [0.3, 0.4) is 0 Å². The van der Waals surface area contributed by atoms with Gasteiger partial charge in [-0.3, -0.25) is 0 Å². The van der Waals surface area contributed by atoms with Crippen molar-refractivity contribution in [1.82, 2.24) is 0 Å². The van der Waals surface area contributed by atoms with E-state index in [2.05, 4.69) is 12.2 Å². The van der Waals surface area contributed by atoms with Gasteiger partial charge in [0.05, 0.1) is 12.2 Å². The summed E-state index contributed by atoms with van der Waals surface area (Å²) in [5, 5.41) is 0. The van der Waals surface area contributed by atoms with Crippen LogP contribution in [0.1, 0.15) is 0 Å². The molecule has 1 heterocycles. The molecule has 0 aromatic carbocycles. The van der Waals surface area contributed by atoms with Crippen LogP contribution in [0.2, 0.25) is 0 Å². The second-order valence-corrected chi connectivity index (χ2v) is 4.07. The van der Waals surface area contributed by atoms with Crippen molar-refractivity contribution in [2.75, 3.05) is 6.79 Å². The third-order valence-corrected chi connectivity index (χ3v) is 3.80. The van der Waals surface area contributed by atoms with Crippen LogP contribution in [0, 0.1) is 23.7 Å². The lowest BCUT2D eigenvalue weighted by molar-refractivity contribution is 0.0208. The fourth-order valence-corrected chi connectivity index (χ4v) is 3.35. The molecule has 6 atom stereocenters. The molecule has 3 aliphatic carbocycles. The minimum atomic E-state index is 0.417. The number of allylic oxidation sites excluding steroid dienone is 1. The van der Waals surface area contributed by atoms with E-state index in [0.717, 1.165) is 17.8 Å². The highest BCUT2D eigenvalue weighted by atomic mass is 16.7. The zero-order valence-electron chi connectivity index (χ0n) is 6.14. The Bertz CT molecular complexity index is 248. The summed E-state index contributed by atoms with van der Waals surface area (Å²) < 4.78 is 11.1. The molecule has 0 N–H and O–H groups in total. The summed E-state index contributed by atoms with van der Waals surface area (Å²) in [6.45, 7) is 0.537. The molecule has 0 bridgehead atoms. The highest BCUT2D eigenvalue weighted by Gasteiger charge is 2.70. The van der Waals surface area contributed by atoms with Gasteiger partial charge in [-0.25, -0.2) is 0 Å². The zero-order valence-corrected chi connectivity index (χ0v) is 6.14. The maximum Gasteiger partial charge on any atom is 0.147 e. The van der Waals surface area contributed by atoms with Crippen LogP contribution in [-0.4, -0.2) is 19.0 Å². The van der Waals surface area contributed by atoms with Crippen LogP contribution in [0.25, 0.3) is 0 Å². The van der Waals surface area contributed by atoms with Gasteiger partial charge in [0, 0.05) is 5.92 Å². The SMILES string of the molecule is C1=CC2C3C1C1OCOC1C23. The molecule has 58 valence electrons. The first kappa shape index (κ1) is 5.33. The smallest absolute Gasteiger partial charge is 0.147 e. The van der Waals surface area contributed by atoms with Crippen LogP contribution in [0.4, 0.5) is 0 Å². The van der Waals surface area contributed by atoms with Crippen LogP contribution >= 0.6 is 0 Å². The van der Waals surface area contributed by atoms with E-state index in [9.17, 15) is 0 Å². The van der Waals surface area contributed by atoms with E-state index in [1.54, 1.807) is 0 Å². The van der Waals surface area contributed by atoms with Gasteiger partial charge in [0.25, 0.3) is 0 Å². The van der Waals surface area contributed by atoms with Gasteiger partial charge >= 0.3 is 0 Å². The topological polar surface area (TPSA) is 18.5 Å². The second kappa shape index (κ2) is 1.41. The van der Waals surface area contributed by atoms with E-state index in [4.69, 9.17) is 9.47 Å². The Hall–Kier alpha value is -0.340. The molecular weight excluding hydrogens is 140 g/mol. The normalized spacial score (nSPS) is 68.4. The van der Waals surface area contributed by atoms with Crippen LogP contribution in [-0.2, 0) is 9.47 Å². The Labute approximate surface area is 65.2 Å². The lowest BCUT2D eigenvalue weighted by Crippen LogP contribution is -2.25. The minimum absolute atomic E-state index is 0.417. The van der Waals surface area contributed by atoms with Crippen molar-refractivity contribution in [2.24, 2.45) is 23.7 Å². The molecule has 1 aliphatic heterocycles. The predicted octanol–water partition coefficient (Wildman–Crippen LogP) is 0.790. The molecular formula is C9H10O2. The first-order valence-electron chi connectivity index (χ1n) is 4.38. The third-order valence-electron chi connectivity index (χ3n) is 3.80. The Morgan fingerprint density at radius 3 is 2.73 bits per heavy atom. The van der Waals surface area contributed by atoms with Gasteiger partial charge in [0.2, 0.25) is 0 Å². The molecule has 2 heteroatoms. The molecule has 1 saturated heterocycles. The van der Waals surface area contributed by atoms with Gasteiger partial charge in [-0.2, -0.15) is 0 Å². The molecule has 4 aliphatic rings. The Kier molecular flexibility index (Phi) is 0.684. The summed E-state index contributed by atoms with van der Waals surface area (Å²) in [6, 6.07) is 0. The minimum Gasteiger partial charge on any atom is -0.349 e. The molecule has 11 heavy (non-hydrogen) atoms. The fourth-order valence-electron chi connectivity index (χ4n) is 3.35.